The maximum absolute atomic E-state index is 13.0. The Morgan fingerprint density at radius 1 is 0.462 bits per heavy atom. The molecule has 0 aliphatic carbocycles. The number of quaternary nitrogens is 1. The molecule has 0 radical (unpaired) electrons. The highest BCUT2D eigenvalue weighted by Crippen LogP contribution is 2.38. The molecule has 0 bridgehead atoms. The fraction of sp³-hybridized carbons (Fsp3) is 0.696. The minimum absolute atomic E-state index is 0.0163. The van der Waals surface area contributed by atoms with Gasteiger partial charge in [0.15, 0.2) is 0 Å². The lowest BCUT2D eigenvalue weighted by Crippen LogP contribution is -2.45. The lowest BCUT2D eigenvalue weighted by atomic mass is 10.0. The molecule has 0 aromatic carbocycles. The number of likely N-dealkylation sites (N-methyl/N-ethyl adjacent to an activating group) is 1. The Bertz CT molecular complexity index is 1680. The Morgan fingerprint density at radius 2 is 0.795 bits per heavy atom. The lowest BCUT2D eigenvalue weighted by Gasteiger charge is -2.29. The van der Waals surface area contributed by atoms with Gasteiger partial charge in [0, 0.05) is 6.42 Å². The van der Waals surface area contributed by atoms with Crippen molar-refractivity contribution in [3.63, 3.8) is 0 Å². The largest absolute Gasteiger partial charge is 0.756 e. The molecule has 8 nitrogen and oxygen atoms in total. The number of hydrogen-bond donors (Lipinski definition) is 2. The maximum atomic E-state index is 13.0. The van der Waals surface area contributed by atoms with E-state index in [1.165, 1.54) is 135 Å². The molecule has 0 spiro atoms. The van der Waals surface area contributed by atoms with Crippen LogP contribution in [0.5, 0.6) is 0 Å². The molecular weight excluding hydrogens is 984 g/mol. The number of unbranched alkanes of at least 4 members (excludes halogenated alkanes) is 26. The number of phosphoric ester groups is 1. The molecule has 1 amide bonds. The first-order chi connectivity index (χ1) is 38.0. The predicted molar refractivity (Wildman–Crippen MR) is 339 cm³/mol. The Balaban J connectivity index is 4.26. The number of nitrogens with one attached hydrogen (secondary N) is 1. The number of nitrogens with zero attached hydrogens (tertiary/aromatic N) is 1. The van der Waals surface area contributed by atoms with Crippen molar-refractivity contribution < 1.29 is 32.9 Å². The van der Waals surface area contributed by atoms with Crippen molar-refractivity contribution in [3.8, 4) is 0 Å². The summed E-state index contributed by atoms with van der Waals surface area (Å²) in [6.45, 7) is 4.51. The van der Waals surface area contributed by atoms with Crippen LogP contribution in [0, 0.1) is 0 Å². The van der Waals surface area contributed by atoms with Crippen molar-refractivity contribution in [2.24, 2.45) is 0 Å². The van der Waals surface area contributed by atoms with Crippen LogP contribution in [0.2, 0.25) is 0 Å². The molecule has 78 heavy (non-hydrogen) atoms. The molecule has 0 aliphatic heterocycles. The highest BCUT2D eigenvalue weighted by molar-refractivity contribution is 7.45. The van der Waals surface area contributed by atoms with Crippen LogP contribution in [-0.2, 0) is 18.4 Å². The van der Waals surface area contributed by atoms with Gasteiger partial charge < -0.3 is 28.8 Å². The van der Waals surface area contributed by atoms with Gasteiger partial charge in [-0.25, -0.2) is 0 Å². The Kier molecular flexibility index (Phi) is 56.2. The summed E-state index contributed by atoms with van der Waals surface area (Å²) in [4.78, 5) is 25.6. The number of carbonyl (C=O) groups is 1. The summed E-state index contributed by atoms with van der Waals surface area (Å²) in [7, 11) is 1.22. The molecule has 2 N–H and O–H groups in total. The predicted octanol–water partition coefficient (Wildman–Crippen LogP) is 19.5. The second kappa shape index (κ2) is 58.6. The number of amides is 1. The van der Waals surface area contributed by atoms with Crippen LogP contribution in [0.25, 0.3) is 0 Å². The van der Waals surface area contributed by atoms with Crippen molar-refractivity contribution in [3.05, 3.63) is 122 Å². The van der Waals surface area contributed by atoms with E-state index in [9.17, 15) is 19.4 Å². The van der Waals surface area contributed by atoms with E-state index >= 15 is 0 Å². The van der Waals surface area contributed by atoms with E-state index in [2.05, 4.69) is 129 Å². The van der Waals surface area contributed by atoms with Crippen LogP contribution in [0.3, 0.4) is 0 Å². The van der Waals surface area contributed by atoms with E-state index in [1.54, 1.807) is 6.08 Å². The number of carbonyl (C=O) groups excluding carboxylic acids is 1. The SMILES string of the molecule is CC/C=C\C/C=C\C/C=C\C/C=C\C/C=C\C/C=C\C/C=C\CCCCCCCCCCCC(=O)NC(COP(=O)([O-])OCC[N+](C)(C)C)C(O)/C=C/CC/C=C/CC/C=C/CCCCCCCCCCCCCCCCC. The summed E-state index contributed by atoms with van der Waals surface area (Å²) in [5.74, 6) is -0.221. The first-order valence-corrected chi connectivity index (χ1v) is 33.4. The Labute approximate surface area is 482 Å². The highest BCUT2D eigenvalue weighted by atomic mass is 31.2. The van der Waals surface area contributed by atoms with E-state index in [4.69, 9.17) is 9.05 Å². The van der Waals surface area contributed by atoms with Crippen molar-refractivity contribution in [2.45, 2.75) is 270 Å². The van der Waals surface area contributed by atoms with Crippen LogP contribution in [0.15, 0.2) is 122 Å². The molecule has 0 aromatic rings. The molecule has 3 atom stereocenters. The number of rotatable bonds is 57. The zero-order chi connectivity index (χ0) is 57.0. The van der Waals surface area contributed by atoms with Crippen molar-refractivity contribution in [1.82, 2.24) is 5.32 Å². The van der Waals surface area contributed by atoms with Gasteiger partial charge in [0.25, 0.3) is 7.82 Å². The van der Waals surface area contributed by atoms with Crippen molar-refractivity contribution in [1.29, 1.82) is 0 Å². The highest BCUT2D eigenvalue weighted by Gasteiger charge is 2.23. The quantitative estimate of drug-likeness (QED) is 0.0272. The third-order valence-electron chi connectivity index (χ3n) is 13.6. The van der Waals surface area contributed by atoms with Gasteiger partial charge in [-0.1, -0.05) is 270 Å². The summed E-state index contributed by atoms with van der Waals surface area (Å²) in [5.41, 5.74) is 0. The summed E-state index contributed by atoms with van der Waals surface area (Å²) in [5, 5.41) is 13.9. The molecule has 0 saturated carbocycles. The molecular formula is C69H121N2O6P. The van der Waals surface area contributed by atoms with Gasteiger partial charge in [-0.2, -0.15) is 0 Å². The number of aliphatic hydroxyl groups is 1. The molecule has 0 saturated heterocycles. The lowest BCUT2D eigenvalue weighted by molar-refractivity contribution is -0.870. The summed E-state index contributed by atoms with van der Waals surface area (Å²) < 4.78 is 23.4. The van der Waals surface area contributed by atoms with Crippen LogP contribution in [-0.4, -0.2) is 68.5 Å². The standard InChI is InChI=1S/C69H121N2O6P/c1-6-8-10-12-14-16-18-20-22-24-26-28-30-32-33-34-35-36-37-39-41-43-45-47-49-51-53-55-57-59-61-63-69(73)70-67(66-77-78(74,75)76-65-64-71(3,4)5)68(72)62-60-58-56-54-52-50-48-46-44-42-40-38-31-29-27-25-23-21-19-17-15-13-11-9-7-2/h8,10,14,16,20,22,26,28,32-33,35-36,39,41,44,46,52,54,60,62,67-68,72H,6-7,9,11-13,15,17-19,21,23-25,27,29-31,34,37-38,40,42-43,45,47-51,53,55-59,61,63-66H2,1-5H3,(H-,70,73,74,75)/b10-8-,16-14-,22-20-,28-26-,33-32-,36-35-,41-39-,46-44+,54-52+,62-60+. The van der Waals surface area contributed by atoms with Gasteiger partial charge in [-0.3, -0.25) is 9.36 Å². The van der Waals surface area contributed by atoms with Gasteiger partial charge in [0.1, 0.15) is 13.2 Å². The van der Waals surface area contributed by atoms with Gasteiger partial charge >= 0.3 is 0 Å². The monoisotopic (exact) mass is 1100 g/mol. The van der Waals surface area contributed by atoms with E-state index in [0.717, 1.165) is 103 Å². The van der Waals surface area contributed by atoms with Gasteiger partial charge in [0.05, 0.1) is 39.9 Å². The van der Waals surface area contributed by atoms with Gasteiger partial charge in [-0.15, -0.1) is 0 Å². The maximum Gasteiger partial charge on any atom is 0.268 e. The first kappa shape index (κ1) is 74.9. The van der Waals surface area contributed by atoms with Gasteiger partial charge in [-0.05, 0) is 103 Å². The third-order valence-corrected chi connectivity index (χ3v) is 14.6. The topological polar surface area (TPSA) is 108 Å². The number of aliphatic hydroxyl groups excluding tert-OH is 1. The van der Waals surface area contributed by atoms with Crippen LogP contribution in [0.1, 0.15) is 258 Å². The average Bonchev–Trinajstić information content (AvgIpc) is 3.41. The third kappa shape index (κ3) is 60.5. The Hall–Kier alpha value is -3.10. The molecule has 3 unspecified atom stereocenters. The normalized spacial score (nSPS) is 14.6. The fourth-order valence-corrected chi connectivity index (χ4v) is 9.42. The molecule has 0 fully saturated rings. The molecule has 0 heterocycles. The van der Waals surface area contributed by atoms with E-state index < -0.39 is 26.6 Å². The number of phosphoric acid groups is 1. The number of hydrogen-bond acceptors (Lipinski definition) is 6. The summed E-state index contributed by atoms with van der Waals surface area (Å²) in [6, 6.07) is -0.923. The zero-order valence-corrected chi connectivity index (χ0v) is 52.0. The average molecular weight is 1110 g/mol. The van der Waals surface area contributed by atoms with Crippen molar-refractivity contribution >= 4 is 13.7 Å². The van der Waals surface area contributed by atoms with E-state index in [-0.39, 0.29) is 12.5 Å². The minimum atomic E-state index is -4.62. The molecule has 0 aliphatic rings. The molecule has 0 aromatic heterocycles. The molecule has 0 rings (SSSR count). The van der Waals surface area contributed by atoms with Crippen LogP contribution in [0.4, 0.5) is 0 Å². The van der Waals surface area contributed by atoms with Crippen LogP contribution < -0.4 is 10.2 Å². The van der Waals surface area contributed by atoms with E-state index in [0.29, 0.717) is 17.4 Å². The fourth-order valence-electron chi connectivity index (χ4n) is 8.70. The molecule has 448 valence electrons. The number of allylic oxidation sites excluding steroid dienone is 19. The Morgan fingerprint density at radius 3 is 1.19 bits per heavy atom. The molecule has 9 heteroatoms. The summed E-state index contributed by atoms with van der Waals surface area (Å²) in [6.07, 6.45) is 87.2. The van der Waals surface area contributed by atoms with Crippen molar-refractivity contribution in [2.75, 3.05) is 40.9 Å². The second-order valence-corrected chi connectivity index (χ2v) is 23.8. The smallest absolute Gasteiger partial charge is 0.268 e. The zero-order valence-electron chi connectivity index (χ0n) is 51.1. The van der Waals surface area contributed by atoms with Gasteiger partial charge in [0.2, 0.25) is 5.91 Å². The summed E-state index contributed by atoms with van der Waals surface area (Å²) >= 11 is 0. The van der Waals surface area contributed by atoms with E-state index in [1.807, 2.05) is 27.2 Å². The second-order valence-electron chi connectivity index (χ2n) is 22.4. The first-order valence-electron chi connectivity index (χ1n) is 31.9. The van der Waals surface area contributed by atoms with Crippen LogP contribution >= 0.6 is 7.82 Å². The minimum Gasteiger partial charge on any atom is -0.756 e.